The van der Waals surface area contributed by atoms with Crippen molar-refractivity contribution in [1.29, 1.82) is 0 Å². The van der Waals surface area contributed by atoms with Crippen molar-refractivity contribution in [3.8, 4) is 5.75 Å². The highest BCUT2D eigenvalue weighted by molar-refractivity contribution is 5.96. The van der Waals surface area contributed by atoms with Gasteiger partial charge in [0.1, 0.15) is 5.75 Å². The summed E-state index contributed by atoms with van der Waals surface area (Å²) in [5.74, 6) is 0.709. The maximum Gasteiger partial charge on any atom is 0.251 e. The summed E-state index contributed by atoms with van der Waals surface area (Å²) in [6, 6.07) is 21.4. The van der Waals surface area contributed by atoms with Crippen molar-refractivity contribution in [2.24, 2.45) is 0 Å². The molecule has 0 aromatic heterocycles. The minimum atomic E-state index is -0.0679. The Labute approximate surface area is 170 Å². The first-order valence-electron chi connectivity index (χ1n) is 10.0. The molecule has 4 rings (SSSR count). The van der Waals surface area contributed by atoms with Crippen LogP contribution in [0.15, 0.2) is 66.7 Å². The molecule has 0 unspecified atom stereocenters. The standard InChI is InChI=1S/C24H24N2O3/c27-23(25-19-12-10-18(11-13-19)24(28)26-20-14-15-20)9-4-16-29-22-8-3-6-17-5-1-2-7-21(17)22/h1-3,5-8,10-13,20H,4,9,14-16H2,(H,25,27)(H,26,28). The predicted octanol–water partition coefficient (Wildman–Crippen LogP) is 4.53. The molecule has 3 aromatic rings. The summed E-state index contributed by atoms with van der Waals surface area (Å²) in [5, 5.41) is 8.02. The number of benzene rings is 3. The summed E-state index contributed by atoms with van der Waals surface area (Å²) in [4.78, 5) is 24.2. The topological polar surface area (TPSA) is 67.4 Å². The summed E-state index contributed by atoms with van der Waals surface area (Å²) in [5.41, 5.74) is 1.30. The highest BCUT2D eigenvalue weighted by atomic mass is 16.5. The average Bonchev–Trinajstić information content (AvgIpc) is 3.56. The third kappa shape index (κ3) is 5.13. The lowest BCUT2D eigenvalue weighted by molar-refractivity contribution is -0.116. The maximum absolute atomic E-state index is 12.2. The van der Waals surface area contributed by atoms with Crippen molar-refractivity contribution in [1.82, 2.24) is 5.32 Å². The lowest BCUT2D eigenvalue weighted by Gasteiger charge is -2.10. The third-order valence-electron chi connectivity index (χ3n) is 4.90. The number of carbonyl (C=O) groups excluding carboxylic acids is 2. The van der Waals surface area contributed by atoms with E-state index >= 15 is 0 Å². The molecule has 0 atom stereocenters. The van der Waals surface area contributed by atoms with Gasteiger partial charge in [0, 0.05) is 29.1 Å². The molecule has 0 spiro atoms. The Kier molecular flexibility index (Phi) is 5.75. The fourth-order valence-corrected chi connectivity index (χ4v) is 3.16. The second-order valence-electron chi connectivity index (χ2n) is 7.30. The summed E-state index contributed by atoms with van der Waals surface area (Å²) in [6.07, 6.45) is 3.11. The Bertz CT molecular complexity index is 1000. The summed E-state index contributed by atoms with van der Waals surface area (Å²) in [7, 11) is 0. The van der Waals surface area contributed by atoms with E-state index in [1.807, 2.05) is 30.3 Å². The Morgan fingerprint density at radius 2 is 1.69 bits per heavy atom. The molecule has 5 nitrogen and oxygen atoms in total. The van der Waals surface area contributed by atoms with Crippen molar-refractivity contribution in [3.63, 3.8) is 0 Å². The maximum atomic E-state index is 12.2. The van der Waals surface area contributed by atoms with Crippen molar-refractivity contribution in [2.45, 2.75) is 31.7 Å². The van der Waals surface area contributed by atoms with Gasteiger partial charge < -0.3 is 15.4 Å². The van der Waals surface area contributed by atoms with Crippen molar-refractivity contribution < 1.29 is 14.3 Å². The van der Waals surface area contributed by atoms with Crippen LogP contribution in [0.5, 0.6) is 5.75 Å². The summed E-state index contributed by atoms with van der Waals surface area (Å²) in [6.45, 7) is 0.474. The molecule has 29 heavy (non-hydrogen) atoms. The van der Waals surface area contributed by atoms with Crippen molar-refractivity contribution in [2.75, 3.05) is 11.9 Å². The minimum absolute atomic E-state index is 0.0593. The van der Waals surface area contributed by atoms with Crippen LogP contribution in [0, 0.1) is 0 Å². The Balaban J connectivity index is 1.22. The van der Waals surface area contributed by atoms with Crippen molar-refractivity contribution in [3.05, 3.63) is 72.3 Å². The molecule has 0 aliphatic heterocycles. The molecule has 3 aromatic carbocycles. The molecule has 0 radical (unpaired) electrons. The molecule has 2 amide bonds. The normalized spacial score (nSPS) is 13.1. The molecule has 1 aliphatic rings. The van der Waals surface area contributed by atoms with Gasteiger partial charge in [0.15, 0.2) is 0 Å². The largest absolute Gasteiger partial charge is 0.493 e. The van der Waals surface area contributed by atoms with Crippen LogP contribution in [-0.2, 0) is 4.79 Å². The molecule has 1 fully saturated rings. The molecular formula is C24H24N2O3. The number of anilines is 1. The summed E-state index contributed by atoms with van der Waals surface area (Å²) < 4.78 is 5.87. The number of ether oxygens (including phenoxy) is 1. The molecule has 1 aliphatic carbocycles. The molecule has 5 heteroatoms. The number of fused-ring (bicyclic) bond motifs is 1. The van der Waals surface area contributed by atoms with E-state index < -0.39 is 0 Å². The molecule has 0 bridgehead atoms. The quantitative estimate of drug-likeness (QED) is 0.557. The first-order valence-corrected chi connectivity index (χ1v) is 10.0. The zero-order valence-electron chi connectivity index (χ0n) is 16.2. The lowest BCUT2D eigenvalue weighted by Crippen LogP contribution is -2.25. The molecule has 1 saturated carbocycles. The molecular weight excluding hydrogens is 364 g/mol. The SMILES string of the molecule is O=C(CCCOc1cccc2ccccc12)Nc1ccc(C(=O)NC2CC2)cc1. The van der Waals surface area contributed by atoms with Gasteiger partial charge in [0.25, 0.3) is 5.91 Å². The second kappa shape index (κ2) is 8.78. The number of hydrogen-bond acceptors (Lipinski definition) is 3. The van der Waals surface area contributed by atoms with Crippen LogP contribution in [0.4, 0.5) is 5.69 Å². The van der Waals surface area contributed by atoms with Gasteiger partial charge in [-0.15, -0.1) is 0 Å². The summed E-state index contributed by atoms with van der Waals surface area (Å²) >= 11 is 0. The van der Waals surface area contributed by atoms with E-state index in [1.54, 1.807) is 24.3 Å². The zero-order valence-corrected chi connectivity index (χ0v) is 16.2. The van der Waals surface area contributed by atoms with Crippen LogP contribution in [0.25, 0.3) is 10.8 Å². The van der Waals surface area contributed by atoms with E-state index in [0.29, 0.717) is 36.7 Å². The van der Waals surface area contributed by atoms with Gasteiger partial charge in [-0.3, -0.25) is 9.59 Å². The van der Waals surface area contributed by atoms with Crippen LogP contribution in [-0.4, -0.2) is 24.5 Å². The number of nitrogens with one attached hydrogen (secondary N) is 2. The first kappa shape index (κ1) is 19.0. The number of hydrogen-bond donors (Lipinski definition) is 2. The second-order valence-corrected chi connectivity index (χ2v) is 7.30. The highest BCUT2D eigenvalue weighted by Gasteiger charge is 2.23. The zero-order chi connectivity index (χ0) is 20.1. The van der Waals surface area contributed by atoms with Gasteiger partial charge in [-0.05, 0) is 55.0 Å². The van der Waals surface area contributed by atoms with E-state index in [0.717, 1.165) is 29.4 Å². The Morgan fingerprint density at radius 3 is 2.48 bits per heavy atom. The molecule has 2 N–H and O–H groups in total. The first-order chi connectivity index (χ1) is 14.2. The Hall–Kier alpha value is -3.34. The Morgan fingerprint density at radius 1 is 0.931 bits per heavy atom. The number of carbonyl (C=O) groups is 2. The molecule has 0 heterocycles. The molecule has 0 saturated heterocycles. The smallest absolute Gasteiger partial charge is 0.251 e. The lowest BCUT2D eigenvalue weighted by atomic mass is 10.1. The average molecular weight is 388 g/mol. The fourth-order valence-electron chi connectivity index (χ4n) is 3.16. The van der Waals surface area contributed by atoms with Gasteiger partial charge in [-0.2, -0.15) is 0 Å². The third-order valence-corrected chi connectivity index (χ3v) is 4.90. The van der Waals surface area contributed by atoms with Crippen LogP contribution in [0.3, 0.4) is 0 Å². The van der Waals surface area contributed by atoms with E-state index in [1.165, 1.54) is 0 Å². The van der Waals surface area contributed by atoms with Gasteiger partial charge >= 0.3 is 0 Å². The van der Waals surface area contributed by atoms with Crippen molar-refractivity contribution >= 4 is 28.3 Å². The van der Waals surface area contributed by atoms with Gasteiger partial charge in [-0.1, -0.05) is 36.4 Å². The van der Waals surface area contributed by atoms with Gasteiger partial charge in [-0.25, -0.2) is 0 Å². The van der Waals surface area contributed by atoms with Gasteiger partial charge in [0.05, 0.1) is 6.61 Å². The predicted molar refractivity (Wildman–Crippen MR) is 114 cm³/mol. The van der Waals surface area contributed by atoms with E-state index in [2.05, 4.69) is 22.8 Å². The van der Waals surface area contributed by atoms with E-state index in [-0.39, 0.29) is 11.8 Å². The van der Waals surface area contributed by atoms with E-state index in [9.17, 15) is 9.59 Å². The number of rotatable bonds is 8. The minimum Gasteiger partial charge on any atom is -0.493 e. The van der Waals surface area contributed by atoms with Crippen LogP contribution in [0.2, 0.25) is 0 Å². The van der Waals surface area contributed by atoms with E-state index in [4.69, 9.17) is 4.74 Å². The van der Waals surface area contributed by atoms with Gasteiger partial charge in [0.2, 0.25) is 5.91 Å². The number of amides is 2. The highest BCUT2D eigenvalue weighted by Crippen LogP contribution is 2.25. The van der Waals surface area contributed by atoms with Crippen LogP contribution < -0.4 is 15.4 Å². The van der Waals surface area contributed by atoms with Crippen LogP contribution in [0.1, 0.15) is 36.0 Å². The fraction of sp³-hybridized carbons (Fsp3) is 0.250. The van der Waals surface area contributed by atoms with Crippen LogP contribution >= 0.6 is 0 Å². The molecule has 148 valence electrons. The monoisotopic (exact) mass is 388 g/mol.